The number of hydrogen-bond acceptors (Lipinski definition) is 7. The molecule has 2 N–H and O–H groups in total. The molecule has 0 aromatic heterocycles. The minimum Gasteiger partial charge on any atom is -0.399 e. The van der Waals surface area contributed by atoms with Crippen LogP contribution >= 0.6 is 11.6 Å². The highest BCUT2D eigenvalue weighted by atomic mass is 35.5. The van der Waals surface area contributed by atoms with Gasteiger partial charge in [0.25, 0.3) is 5.91 Å². The van der Waals surface area contributed by atoms with Crippen LogP contribution in [0.5, 0.6) is 0 Å². The maximum Gasteiger partial charge on any atom is 0.251 e. The zero-order valence-corrected chi connectivity index (χ0v) is 24.1. The molecule has 1 aromatic carbocycles. The SMILES string of the molecule is CON=CC(C)C(=O)N(C1CCCCC1)[C@H]1CCN(NC(=O)[C@@H](Cc2ccc(Cl)cc2)NCCN(C)C)C1. The van der Waals surface area contributed by atoms with Crippen molar-refractivity contribution in [3.05, 3.63) is 34.9 Å². The summed E-state index contributed by atoms with van der Waals surface area (Å²) in [5, 5.41) is 9.92. The van der Waals surface area contributed by atoms with Gasteiger partial charge in [0, 0.05) is 43.3 Å². The minimum atomic E-state index is -0.378. The molecule has 1 aliphatic carbocycles. The van der Waals surface area contributed by atoms with E-state index in [0.717, 1.165) is 44.2 Å². The standard InChI is InChI=1S/C28H45ClN6O3/c1-21(19-31-38-4)28(37)35(24-8-6-5-7-9-24)25-14-16-34(20-25)32-27(36)26(30-15-17-33(2)3)18-22-10-12-23(29)13-11-22/h10-13,19,21,24-26,30H,5-9,14-18,20H2,1-4H3,(H,32,36)/t21?,25-,26+/m0/s1. The summed E-state index contributed by atoms with van der Waals surface area (Å²) in [6, 6.07) is 7.55. The lowest BCUT2D eigenvalue weighted by molar-refractivity contribution is -0.138. The number of carbonyl (C=O) groups excluding carboxylic acids is 2. The van der Waals surface area contributed by atoms with E-state index >= 15 is 0 Å². The number of oxime groups is 1. The van der Waals surface area contributed by atoms with E-state index in [1.165, 1.54) is 13.5 Å². The molecular formula is C28H45ClN6O3. The smallest absolute Gasteiger partial charge is 0.251 e. The van der Waals surface area contributed by atoms with Crippen LogP contribution in [0.4, 0.5) is 0 Å². The van der Waals surface area contributed by atoms with Gasteiger partial charge in [-0.3, -0.25) is 15.0 Å². The van der Waals surface area contributed by atoms with Crippen LogP contribution in [0.3, 0.4) is 0 Å². The van der Waals surface area contributed by atoms with Gasteiger partial charge in [-0.05, 0) is 64.4 Å². The Bertz CT molecular complexity index is 906. The molecule has 1 saturated carbocycles. The maximum absolute atomic E-state index is 13.5. The normalized spacial score (nSPS) is 20.5. The first-order valence-corrected chi connectivity index (χ1v) is 14.2. The first kappa shape index (κ1) is 30.3. The summed E-state index contributed by atoms with van der Waals surface area (Å²) in [5.41, 5.74) is 4.20. The third-order valence-electron chi connectivity index (χ3n) is 7.45. The fourth-order valence-electron chi connectivity index (χ4n) is 5.35. The first-order chi connectivity index (χ1) is 18.3. The molecule has 2 aliphatic rings. The average molecular weight is 549 g/mol. The number of nitrogens with zero attached hydrogens (tertiary/aromatic N) is 4. The quantitative estimate of drug-likeness (QED) is 0.291. The molecule has 1 aliphatic heterocycles. The van der Waals surface area contributed by atoms with Gasteiger partial charge in [-0.25, -0.2) is 5.01 Å². The molecule has 1 heterocycles. The van der Waals surface area contributed by atoms with E-state index in [1.54, 1.807) is 6.21 Å². The topological polar surface area (TPSA) is 89.5 Å². The third-order valence-corrected chi connectivity index (χ3v) is 7.70. The van der Waals surface area contributed by atoms with E-state index in [2.05, 4.69) is 25.7 Å². The molecule has 3 rings (SSSR count). The Morgan fingerprint density at radius 1 is 1.16 bits per heavy atom. The number of hydrogen-bond donors (Lipinski definition) is 2. The number of hydrazine groups is 1. The fourth-order valence-corrected chi connectivity index (χ4v) is 5.47. The molecule has 9 nitrogen and oxygen atoms in total. The van der Waals surface area contributed by atoms with Crippen molar-refractivity contribution in [2.24, 2.45) is 11.1 Å². The van der Waals surface area contributed by atoms with Gasteiger partial charge < -0.3 is 20.0 Å². The van der Waals surface area contributed by atoms with Gasteiger partial charge >= 0.3 is 0 Å². The van der Waals surface area contributed by atoms with Gasteiger partial charge in [0.15, 0.2) is 0 Å². The molecule has 212 valence electrons. The lowest BCUT2D eigenvalue weighted by Crippen LogP contribution is -2.54. The molecule has 10 heteroatoms. The molecule has 0 spiro atoms. The zero-order valence-electron chi connectivity index (χ0n) is 23.4. The number of benzene rings is 1. The van der Waals surface area contributed by atoms with E-state index in [1.807, 2.05) is 50.3 Å². The Kier molecular flexibility index (Phi) is 12.3. The zero-order chi connectivity index (χ0) is 27.5. The Balaban J connectivity index is 1.66. The Labute approximate surface area is 232 Å². The largest absolute Gasteiger partial charge is 0.399 e. The van der Waals surface area contributed by atoms with E-state index in [0.29, 0.717) is 31.1 Å². The predicted molar refractivity (Wildman–Crippen MR) is 152 cm³/mol. The van der Waals surface area contributed by atoms with E-state index < -0.39 is 0 Å². The van der Waals surface area contributed by atoms with Gasteiger partial charge in [0.2, 0.25) is 5.91 Å². The molecule has 38 heavy (non-hydrogen) atoms. The molecule has 3 atom stereocenters. The van der Waals surface area contributed by atoms with Crippen LogP contribution in [-0.4, -0.2) is 98.3 Å². The van der Waals surface area contributed by atoms with Crippen molar-refractivity contribution in [2.75, 3.05) is 47.4 Å². The van der Waals surface area contributed by atoms with Crippen LogP contribution < -0.4 is 10.7 Å². The minimum absolute atomic E-state index is 0.0562. The van der Waals surface area contributed by atoms with Crippen molar-refractivity contribution in [3.63, 3.8) is 0 Å². The van der Waals surface area contributed by atoms with Gasteiger partial charge in [-0.15, -0.1) is 0 Å². The van der Waals surface area contributed by atoms with Crippen LogP contribution in [0, 0.1) is 5.92 Å². The maximum atomic E-state index is 13.5. The van der Waals surface area contributed by atoms with Gasteiger partial charge in [-0.2, -0.15) is 0 Å². The number of carbonyl (C=O) groups is 2. The van der Waals surface area contributed by atoms with Gasteiger partial charge in [0.1, 0.15) is 7.11 Å². The van der Waals surface area contributed by atoms with Crippen molar-refractivity contribution in [3.8, 4) is 0 Å². The third kappa shape index (κ3) is 9.22. The molecule has 1 saturated heterocycles. The van der Waals surface area contributed by atoms with Crippen LogP contribution in [0.15, 0.2) is 29.4 Å². The number of rotatable bonds is 13. The van der Waals surface area contributed by atoms with Crippen molar-refractivity contribution >= 4 is 29.6 Å². The molecule has 2 fully saturated rings. The van der Waals surface area contributed by atoms with E-state index in [4.69, 9.17) is 16.4 Å². The molecule has 1 aromatic rings. The Hall–Kier alpha value is -2.20. The van der Waals surface area contributed by atoms with Crippen LogP contribution in [-0.2, 0) is 20.8 Å². The Morgan fingerprint density at radius 2 is 1.87 bits per heavy atom. The monoisotopic (exact) mass is 548 g/mol. The van der Waals surface area contributed by atoms with E-state index in [-0.39, 0.29) is 35.9 Å². The summed E-state index contributed by atoms with van der Waals surface area (Å²) >= 11 is 6.06. The van der Waals surface area contributed by atoms with Crippen LogP contribution in [0.25, 0.3) is 0 Å². The summed E-state index contributed by atoms with van der Waals surface area (Å²) in [6.45, 7) is 4.73. The van der Waals surface area contributed by atoms with Gasteiger partial charge in [-0.1, -0.05) is 48.2 Å². The molecule has 1 unspecified atom stereocenters. The summed E-state index contributed by atoms with van der Waals surface area (Å²) in [4.78, 5) is 35.9. The molecule has 2 amide bonds. The van der Waals surface area contributed by atoms with Gasteiger partial charge in [0.05, 0.1) is 18.2 Å². The number of halogens is 1. The highest BCUT2D eigenvalue weighted by molar-refractivity contribution is 6.30. The van der Waals surface area contributed by atoms with Crippen LogP contribution in [0.2, 0.25) is 5.02 Å². The number of nitrogens with one attached hydrogen (secondary N) is 2. The van der Waals surface area contributed by atoms with Crippen molar-refractivity contribution in [1.82, 2.24) is 25.6 Å². The second kappa shape index (κ2) is 15.4. The van der Waals surface area contributed by atoms with Crippen molar-refractivity contribution in [2.45, 2.75) is 70.0 Å². The number of amides is 2. The molecule has 0 radical (unpaired) electrons. The van der Waals surface area contributed by atoms with E-state index in [9.17, 15) is 9.59 Å². The van der Waals surface area contributed by atoms with Crippen LogP contribution in [0.1, 0.15) is 51.0 Å². The summed E-state index contributed by atoms with van der Waals surface area (Å²) in [7, 11) is 5.52. The average Bonchev–Trinajstić information content (AvgIpc) is 3.36. The highest BCUT2D eigenvalue weighted by Gasteiger charge is 2.38. The Morgan fingerprint density at radius 3 is 2.53 bits per heavy atom. The summed E-state index contributed by atoms with van der Waals surface area (Å²) in [5.74, 6) is -0.331. The summed E-state index contributed by atoms with van der Waals surface area (Å²) < 4.78 is 0. The molecular weight excluding hydrogens is 504 g/mol. The lowest BCUT2D eigenvalue weighted by atomic mass is 9.92. The van der Waals surface area contributed by atoms with Crippen molar-refractivity contribution < 1.29 is 14.4 Å². The number of likely N-dealkylation sites (N-methyl/N-ethyl adjacent to an activating group) is 1. The van der Waals surface area contributed by atoms with Crippen molar-refractivity contribution in [1.29, 1.82) is 0 Å². The highest BCUT2D eigenvalue weighted by Crippen LogP contribution is 2.28. The second-order valence-electron chi connectivity index (χ2n) is 10.8. The first-order valence-electron chi connectivity index (χ1n) is 13.8. The predicted octanol–water partition coefficient (Wildman–Crippen LogP) is 2.94. The summed E-state index contributed by atoms with van der Waals surface area (Å²) in [6.07, 6.45) is 8.54. The molecule has 0 bridgehead atoms. The fraction of sp³-hybridized carbons (Fsp3) is 0.679. The second-order valence-corrected chi connectivity index (χ2v) is 11.2. The lowest BCUT2D eigenvalue weighted by Gasteiger charge is -2.39.